The van der Waals surface area contributed by atoms with Crippen molar-refractivity contribution in [1.29, 1.82) is 0 Å². The number of benzene rings is 2. The molecule has 5 rings (SSSR count). The maximum absolute atomic E-state index is 13.7. The number of nitrogens with zero attached hydrogens (tertiary/aromatic N) is 3. The number of carbonyl (C=O) groups is 4. The standard InChI is InChI=1S/C25H21Br2N3O6/c1-12-6-8-13(9-7-12)18(31)11-28(23(32)14-4-2-3-5-17(14)30(35)36)29-24(33)19-15-10-16(20(19)25(29)34)22(27)21(15)26/h2-9,15-16,19-22H,10-11H2,1H3/t15-,16-,19-,20+,21+,22+/m1/s1. The molecule has 9 nitrogen and oxygen atoms in total. The quantitative estimate of drug-likeness (QED) is 0.159. The van der Waals surface area contributed by atoms with Gasteiger partial charge in [-0.3, -0.25) is 29.3 Å². The van der Waals surface area contributed by atoms with Crippen LogP contribution in [0.5, 0.6) is 0 Å². The SMILES string of the molecule is Cc1ccc(C(=O)CN(C(=O)c2ccccc2[N+](=O)[O-])N2C(=O)[C@@H]3[C@H]4C[C@@H]([C@H](Br)[C@H]4Br)[C@@H]3C2=O)cc1. The lowest BCUT2D eigenvalue weighted by atomic mass is 9.81. The Kier molecular flexibility index (Phi) is 6.32. The number of aryl methyl sites for hydroxylation is 1. The zero-order valence-corrected chi connectivity index (χ0v) is 22.2. The number of fused-ring (bicyclic) bond motifs is 5. The van der Waals surface area contributed by atoms with Crippen molar-refractivity contribution >= 4 is 61.1 Å². The monoisotopic (exact) mass is 617 g/mol. The van der Waals surface area contributed by atoms with Gasteiger partial charge in [0, 0.05) is 21.3 Å². The zero-order chi connectivity index (χ0) is 25.9. The second kappa shape index (κ2) is 9.19. The van der Waals surface area contributed by atoms with Gasteiger partial charge in [0.2, 0.25) is 0 Å². The molecule has 2 aliphatic carbocycles. The molecule has 0 unspecified atom stereocenters. The number of halogens is 2. The highest BCUT2D eigenvalue weighted by Crippen LogP contribution is 2.60. The molecule has 2 bridgehead atoms. The molecule has 1 aliphatic heterocycles. The first kappa shape index (κ1) is 24.8. The maximum Gasteiger partial charge on any atom is 0.282 e. The van der Waals surface area contributed by atoms with Crippen molar-refractivity contribution in [3.05, 3.63) is 75.3 Å². The molecule has 2 aromatic rings. The van der Waals surface area contributed by atoms with Gasteiger partial charge in [0.15, 0.2) is 5.78 Å². The van der Waals surface area contributed by atoms with Gasteiger partial charge in [-0.2, -0.15) is 5.01 Å². The van der Waals surface area contributed by atoms with E-state index in [1.165, 1.54) is 24.3 Å². The Morgan fingerprint density at radius 2 is 1.56 bits per heavy atom. The fraction of sp³-hybridized carbons (Fsp3) is 0.360. The van der Waals surface area contributed by atoms with Gasteiger partial charge < -0.3 is 0 Å². The van der Waals surface area contributed by atoms with Gasteiger partial charge in [0.1, 0.15) is 12.1 Å². The number of hydrogen-bond acceptors (Lipinski definition) is 6. The van der Waals surface area contributed by atoms with Crippen LogP contribution in [0.1, 0.15) is 32.7 Å². The van der Waals surface area contributed by atoms with Gasteiger partial charge in [-0.1, -0.05) is 73.8 Å². The Balaban J connectivity index is 1.55. The van der Waals surface area contributed by atoms with E-state index in [4.69, 9.17) is 0 Å². The number of Topliss-reactive ketones (excluding diaryl/α,β-unsaturated/α-hetero) is 1. The summed E-state index contributed by atoms with van der Waals surface area (Å²) in [6.45, 7) is 1.25. The largest absolute Gasteiger partial charge is 0.292 e. The van der Waals surface area contributed by atoms with E-state index < -0.39 is 52.5 Å². The fourth-order valence-electron chi connectivity index (χ4n) is 5.72. The van der Waals surface area contributed by atoms with Crippen molar-refractivity contribution in [2.45, 2.75) is 23.0 Å². The van der Waals surface area contributed by atoms with E-state index in [1.807, 2.05) is 6.92 Å². The van der Waals surface area contributed by atoms with Crippen LogP contribution in [0.2, 0.25) is 0 Å². The van der Waals surface area contributed by atoms with Gasteiger partial charge in [-0.25, -0.2) is 5.01 Å². The Morgan fingerprint density at radius 3 is 2.11 bits per heavy atom. The second-order valence-corrected chi connectivity index (χ2v) is 11.5. The molecule has 3 aliphatic rings. The predicted octanol–water partition coefficient (Wildman–Crippen LogP) is 3.92. The Bertz CT molecular complexity index is 1270. The number of nitro groups is 1. The van der Waals surface area contributed by atoms with E-state index in [0.29, 0.717) is 12.0 Å². The Labute approximate surface area is 223 Å². The summed E-state index contributed by atoms with van der Waals surface area (Å²) in [6.07, 6.45) is 0.701. The van der Waals surface area contributed by atoms with E-state index in [9.17, 15) is 29.3 Å². The van der Waals surface area contributed by atoms with Crippen LogP contribution in [-0.4, -0.2) is 54.6 Å². The van der Waals surface area contributed by atoms with Gasteiger partial charge in [-0.15, -0.1) is 0 Å². The fourth-order valence-corrected chi connectivity index (χ4v) is 7.60. The van der Waals surface area contributed by atoms with E-state index in [1.54, 1.807) is 24.3 Å². The summed E-state index contributed by atoms with van der Waals surface area (Å²) in [5.41, 5.74) is 0.440. The van der Waals surface area contributed by atoms with Crippen molar-refractivity contribution < 1.29 is 24.1 Å². The molecule has 2 saturated carbocycles. The summed E-state index contributed by atoms with van der Waals surface area (Å²) in [6, 6.07) is 12.0. The van der Waals surface area contributed by atoms with Crippen LogP contribution in [-0.2, 0) is 9.59 Å². The number of hydrazine groups is 1. The number of ketones is 1. The molecule has 1 heterocycles. The average Bonchev–Trinajstić information content (AvgIpc) is 3.47. The molecule has 2 aromatic carbocycles. The number of amides is 3. The first-order valence-electron chi connectivity index (χ1n) is 11.4. The molecule has 6 atom stereocenters. The molecule has 11 heteroatoms. The first-order valence-corrected chi connectivity index (χ1v) is 13.3. The van der Waals surface area contributed by atoms with Crippen molar-refractivity contribution in [2.24, 2.45) is 23.7 Å². The second-order valence-electron chi connectivity index (χ2n) is 9.42. The highest BCUT2D eigenvalue weighted by Gasteiger charge is 2.67. The van der Waals surface area contributed by atoms with Gasteiger partial charge in [-0.05, 0) is 31.2 Å². The summed E-state index contributed by atoms with van der Waals surface area (Å²) < 4.78 is 0. The van der Waals surface area contributed by atoms with Crippen molar-refractivity contribution in [2.75, 3.05) is 6.54 Å². The third-order valence-corrected chi connectivity index (χ3v) is 10.6. The lowest BCUT2D eigenvalue weighted by Crippen LogP contribution is -2.52. The molecule has 0 spiro atoms. The van der Waals surface area contributed by atoms with Crippen molar-refractivity contribution in [1.82, 2.24) is 10.0 Å². The van der Waals surface area contributed by atoms with Crippen LogP contribution in [0.15, 0.2) is 48.5 Å². The van der Waals surface area contributed by atoms with Crippen LogP contribution in [0.4, 0.5) is 5.69 Å². The van der Waals surface area contributed by atoms with E-state index in [2.05, 4.69) is 31.9 Å². The zero-order valence-electron chi connectivity index (χ0n) is 19.0. The summed E-state index contributed by atoms with van der Waals surface area (Å²) in [4.78, 5) is 65.0. The molecule has 3 fully saturated rings. The normalized spacial score (nSPS) is 28.4. The van der Waals surface area contributed by atoms with Crippen molar-refractivity contribution in [3.8, 4) is 0 Å². The summed E-state index contributed by atoms with van der Waals surface area (Å²) in [5.74, 6) is -3.98. The molecular formula is C25H21Br2N3O6. The van der Waals surface area contributed by atoms with Crippen LogP contribution in [0.25, 0.3) is 0 Å². The Morgan fingerprint density at radius 1 is 1.00 bits per heavy atom. The highest BCUT2D eigenvalue weighted by atomic mass is 79.9. The van der Waals surface area contributed by atoms with Gasteiger partial charge >= 0.3 is 0 Å². The molecule has 0 radical (unpaired) electrons. The molecule has 1 saturated heterocycles. The number of hydrogen-bond donors (Lipinski definition) is 0. The highest BCUT2D eigenvalue weighted by molar-refractivity contribution is 9.12. The first-order chi connectivity index (χ1) is 17.1. The van der Waals surface area contributed by atoms with Crippen LogP contribution in [0, 0.1) is 40.7 Å². The minimum Gasteiger partial charge on any atom is -0.292 e. The van der Waals surface area contributed by atoms with Gasteiger partial charge in [0.05, 0.1) is 16.8 Å². The summed E-state index contributed by atoms with van der Waals surface area (Å²) in [7, 11) is 0. The molecule has 0 aromatic heterocycles. The number of carbonyl (C=O) groups excluding carboxylic acids is 4. The molecular weight excluding hydrogens is 598 g/mol. The minimum absolute atomic E-state index is 0.00555. The van der Waals surface area contributed by atoms with E-state index >= 15 is 0 Å². The number of alkyl halides is 2. The lowest BCUT2D eigenvalue weighted by molar-refractivity contribution is -0.385. The summed E-state index contributed by atoms with van der Waals surface area (Å²) >= 11 is 7.26. The molecule has 0 N–H and O–H groups in total. The predicted molar refractivity (Wildman–Crippen MR) is 136 cm³/mol. The Hall–Kier alpha value is -2.92. The van der Waals surface area contributed by atoms with Crippen LogP contribution >= 0.6 is 31.9 Å². The number of imide groups is 1. The summed E-state index contributed by atoms with van der Waals surface area (Å²) in [5, 5.41) is 13.2. The number of nitro benzene ring substituents is 1. The average molecular weight is 619 g/mol. The van der Waals surface area contributed by atoms with E-state index in [-0.39, 0.29) is 27.1 Å². The van der Waals surface area contributed by atoms with Crippen molar-refractivity contribution in [3.63, 3.8) is 0 Å². The molecule has 3 amide bonds. The van der Waals surface area contributed by atoms with Crippen LogP contribution in [0.3, 0.4) is 0 Å². The third-order valence-electron chi connectivity index (χ3n) is 7.44. The van der Waals surface area contributed by atoms with E-state index in [0.717, 1.165) is 15.6 Å². The number of para-hydroxylation sites is 1. The van der Waals surface area contributed by atoms with Gasteiger partial charge in [0.25, 0.3) is 23.4 Å². The molecule has 36 heavy (non-hydrogen) atoms. The minimum atomic E-state index is -0.956. The third kappa shape index (κ3) is 3.80. The van der Waals surface area contributed by atoms with Crippen LogP contribution < -0.4 is 0 Å². The molecule has 186 valence electrons. The lowest BCUT2D eigenvalue weighted by Gasteiger charge is -2.30. The number of rotatable bonds is 6. The maximum atomic E-state index is 13.7. The smallest absolute Gasteiger partial charge is 0.282 e. The topological polar surface area (TPSA) is 118 Å².